The van der Waals surface area contributed by atoms with Gasteiger partial charge in [0.2, 0.25) is 0 Å². The van der Waals surface area contributed by atoms with Crippen LogP contribution in [0.3, 0.4) is 0 Å². The second-order valence-electron chi connectivity index (χ2n) is 3.08. The summed E-state index contributed by atoms with van der Waals surface area (Å²) in [6.07, 6.45) is 2.03. The van der Waals surface area contributed by atoms with Gasteiger partial charge in [0.1, 0.15) is 0 Å². The van der Waals surface area contributed by atoms with Gasteiger partial charge in [-0.1, -0.05) is 19.9 Å². The van der Waals surface area contributed by atoms with Crippen LogP contribution >= 0.6 is 22.6 Å². The van der Waals surface area contributed by atoms with E-state index in [9.17, 15) is 0 Å². The molecule has 0 radical (unpaired) electrons. The van der Waals surface area contributed by atoms with E-state index in [1.54, 1.807) is 0 Å². The molecule has 0 aliphatic heterocycles. The molecule has 0 saturated heterocycles. The van der Waals surface area contributed by atoms with Crippen molar-refractivity contribution in [3.63, 3.8) is 0 Å². The highest BCUT2D eigenvalue weighted by Gasteiger charge is 2.04. The summed E-state index contributed by atoms with van der Waals surface area (Å²) in [7, 11) is 0. The number of rotatable bonds is 3. The van der Waals surface area contributed by atoms with Crippen LogP contribution in [0.2, 0.25) is 0 Å². The molecule has 1 aromatic carbocycles. The Kier molecular flexibility index (Phi) is 4.19. The van der Waals surface area contributed by atoms with Crippen LogP contribution in [0.5, 0.6) is 0 Å². The lowest BCUT2D eigenvalue weighted by Gasteiger charge is -2.09. The molecule has 0 saturated carbocycles. The van der Waals surface area contributed by atoms with E-state index in [0.29, 0.717) is 0 Å². The van der Waals surface area contributed by atoms with Crippen molar-refractivity contribution in [3.8, 4) is 0 Å². The maximum absolute atomic E-state index is 9.16. The monoisotopic (exact) mass is 290 g/mol. The molecule has 0 unspecified atom stereocenters. The van der Waals surface area contributed by atoms with E-state index < -0.39 is 0 Å². The summed E-state index contributed by atoms with van der Waals surface area (Å²) < 4.78 is 1.31. The molecule has 0 amide bonds. The van der Waals surface area contributed by atoms with Gasteiger partial charge in [-0.05, 0) is 58.2 Å². The van der Waals surface area contributed by atoms with Gasteiger partial charge in [0.25, 0.3) is 0 Å². The highest BCUT2D eigenvalue weighted by atomic mass is 127. The first-order valence-electron chi connectivity index (χ1n) is 4.63. The zero-order valence-electron chi connectivity index (χ0n) is 8.10. The van der Waals surface area contributed by atoms with Crippen molar-refractivity contribution in [2.75, 3.05) is 0 Å². The van der Waals surface area contributed by atoms with Crippen molar-refractivity contribution in [3.05, 3.63) is 32.4 Å². The zero-order valence-corrected chi connectivity index (χ0v) is 10.3. The van der Waals surface area contributed by atoms with Crippen molar-refractivity contribution in [1.82, 2.24) is 0 Å². The summed E-state index contributed by atoms with van der Waals surface area (Å²) in [5, 5.41) is 9.16. The Morgan fingerprint density at radius 2 is 1.69 bits per heavy atom. The predicted molar refractivity (Wildman–Crippen MR) is 63.8 cm³/mol. The van der Waals surface area contributed by atoms with Crippen LogP contribution in [0.1, 0.15) is 30.5 Å². The first kappa shape index (κ1) is 11.0. The average Bonchev–Trinajstić information content (AvgIpc) is 2.17. The molecule has 72 valence electrons. The van der Waals surface area contributed by atoms with Crippen molar-refractivity contribution < 1.29 is 5.11 Å². The van der Waals surface area contributed by atoms with Crippen LogP contribution in [0, 0.1) is 3.57 Å². The number of aliphatic hydroxyl groups excluding tert-OH is 1. The molecular weight excluding hydrogens is 275 g/mol. The predicted octanol–water partition coefficient (Wildman–Crippen LogP) is 2.91. The first-order valence-corrected chi connectivity index (χ1v) is 5.71. The van der Waals surface area contributed by atoms with Crippen LogP contribution in [0.4, 0.5) is 0 Å². The number of aryl methyl sites for hydroxylation is 2. The Labute approximate surface area is 93.3 Å². The molecule has 0 heterocycles. The largest absolute Gasteiger partial charge is 0.392 e. The summed E-state index contributed by atoms with van der Waals surface area (Å²) in [5.74, 6) is 0. The standard InChI is InChI=1S/C11H15IO/c1-3-8-6-11(12)9(4-2)5-10(8)7-13/h5-6,13H,3-4,7H2,1-2H3. The van der Waals surface area contributed by atoms with Crippen LogP contribution < -0.4 is 0 Å². The van der Waals surface area contributed by atoms with Gasteiger partial charge in [0.05, 0.1) is 6.61 Å². The minimum absolute atomic E-state index is 0.160. The van der Waals surface area contributed by atoms with Gasteiger partial charge in [-0.3, -0.25) is 0 Å². The summed E-state index contributed by atoms with van der Waals surface area (Å²) in [6, 6.07) is 4.31. The quantitative estimate of drug-likeness (QED) is 0.849. The molecule has 0 fully saturated rings. The molecule has 1 N–H and O–H groups in total. The van der Waals surface area contributed by atoms with Gasteiger partial charge in [-0.15, -0.1) is 0 Å². The van der Waals surface area contributed by atoms with Gasteiger partial charge >= 0.3 is 0 Å². The van der Waals surface area contributed by atoms with Crippen LogP contribution in [-0.4, -0.2) is 5.11 Å². The fraction of sp³-hybridized carbons (Fsp3) is 0.455. The minimum atomic E-state index is 0.160. The fourth-order valence-electron chi connectivity index (χ4n) is 1.46. The number of hydrogen-bond donors (Lipinski definition) is 1. The molecule has 0 aromatic heterocycles. The molecule has 0 aliphatic rings. The SMILES string of the molecule is CCc1cc(CO)c(CC)cc1I. The van der Waals surface area contributed by atoms with E-state index >= 15 is 0 Å². The lowest BCUT2D eigenvalue weighted by atomic mass is 10.0. The Hall–Kier alpha value is -0.0900. The van der Waals surface area contributed by atoms with Crippen molar-refractivity contribution in [1.29, 1.82) is 0 Å². The van der Waals surface area contributed by atoms with Crippen LogP contribution in [0.25, 0.3) is 0 Å². The number of aliphatic hydroxyl groups is 1. The highest BCUT2D eigenvalue weighted by Crippen LogP contribution is 2.20. The Morgan fingerprint density at radius 1 is 1.08 bits per heavy atom. The molecule has 1 aromatic rings. The van der Waals surface area contributed by atoms with E-state index in [1.807, 2.05) is 0 Å². The Balaban J connectivity index is 3.18. The minimum Gasteiger partial charge on any atom is -0.392 e. The van der Waals surface area contributed by atoms with Gasteiger partial charge in [0, 0.05) is 3.57 Å². The van der Waals surface area contributed by atoms with E-state index in [2.05, 4.69) is 48.6 Å². The molecule has 1 nitrogen and oxygen atoms in total. The van der Waals surface area contributed by atoms with Crippen molar-refractivity contribution in [2.24, 2.45) is 0 Å². The highest BCUT2D eigenvalue weighted by molar-refractivity contribution is 14.1. The third-order valence-corrected chi connectivity index (χ3v) is 3.30. The van der Waals surface area contributed by atoms with Crippen molar-refractivity contribution >= 4 is 22.6 Å². The third-order valence-electron chi connectivity index (χ3n) is 2.30. The Morgan fingerprint density at radius 3 is 2.15 bits per heavy atom. The second kappa shape index (κ2) is 4.96. The summed E-state index contributed by atoms with van der Waals surface area (Å²) >= 11 is 2.36. The summed E-state index contributed by atoms with van der Waals surface area (Å²) in [4.78, 5) is 0. The van der Waals surface area contributed by atoms with Crippen LogP contribution in [0.15, 0.2) is 12.1 Å². The first-order chi connectivity index (χ1) is 6.22. The van der Waals surface area contributed by atoms with Gasteiger partial charge in [0.15, 0.2) is 0 Å². The van der Waals surface area contributed by atoms with Crippen molar-refractivity contribution in [2.45, 2.75) is 33.3 Å². The number of halogens is 1. The van der Waals surface area contributed by atoms with Gasteiger partial charge in [-0.2, -0.15) is 0 Å². The third kappa shape index (κ3) is 2.44. The summed E-state index contributed by atoms with van der Waals surface area (Å²) in [6.45, 7) is 4.42. The van der Waals surface area contributed by atoms with E-state index in [1.165, 1.54) is 14.7 Å². The maximum Gasteiger partial charge on any atom is 0.0684 e. The molecule has 0 spiro atoms. The second-order valence-corrected chi connectivity index (χ2v) is 4.24. The van der Waals surface area contributed by atoms with Gasteiger partial charge < -0.3 is 5.11 Å². The van der Waals surface area contributed by atoms with E-state index in [4.69, 9.17) is 5.11 Å². The Bertz CT molecular complexity index is 294. The molecule has 0 atom stereocenters. The summed E-state index contributed by atoms with van der Waals surface area (Å²) in [5.41, 5.74) is 3.69. The van der Waals surface area contributed by atoms with E-state index in [0.717, 1.165) is 18.4 Å². The van der Waals surface area contributed by atoms with E-state index in [-0.39, 0.29) is 6.61 Å². The normalized spacial score (nSPS) is 10.5. The number of hydrogen-bond acceptors (Lipinski definition) is 1. The lowest BCUT2D eigenvalue weighted by molar-refractivity contribution is 0.280. The number of benzene rings is 1. The maximum atomic E-state index is 9.16. The topological polar surface area (TPSA) is 20.2 Å². The average molecular weight is 290 g/mol. The molecule has 0 bridgehead atoms. The molecule has 0 aliphatic carbocycles. The van der Waals surface area contributed by atoms with Crippen LogP contribution in [-0.2, 0) is 19.4 Å². The fourth-order valence-corrected chi connectivity index (χ4v) is 2.37. The molecule has 13 heavy (non-hydrogen) atoms. The lowest BCUT2D eigenvalue weighted by Crippen LogP contribution is -1.97. The molecule has 1 rings (SSSR count). The zero-order chi connectivity index (χ0) is 9.84. The molecular formula is C11H15IO. The molecule has 2 heteroatoms. The smallest absolute Gasteiger partial charge is 0.0684 e. The van der Waals surface area contributed by atoms with Gasteiger partial charge in [-0.25, -0.2) is 0 Å².